The third kappa shape index (κ3) is 5.60. The number of hydrogen-bond donors (Lipinski definition) is 2. The summed E-state index contributed by atoms with van der Waals surface area (Å²) in [4.78, 5) is 16.5. The van der Waals surface area contributed by atoms with Crippen LogP contribution in [0.25, 0.3) is 27.5 Å². The molecule has 0 saturated carbocycles. The van der Waals surface area contributed by atoms with Crippen LogP contribution >= 0.6 is 11.3 Å². The minimum atomic E-state index is -3.83. The molecule has 11 heteroatoms. The molecular formula is C28H24N4O5S2. The third-order valence-corrected chi connectivity index (χ3v) is 7.74. The first-order valence-corrected chi connectivity index (χ1v) is 14.4. The summed E-state index contributed by atoms with van der Waals surface area (Å²) in [6.07, 6.45) is 0.248. The number of nitrogens with two attached hydrogens (primary N) is 1. The summed E-state index contributed by atoms with van der Waals surface area (Å²) < 4.78 is 29.7. The van der Waals surface area contributed by atoms with Crippen LogP contribution < -0.4 is 5.14 Å². The minimum absolute atomic E-state index is 0.00349. The van der Waals surface area contributed by atoms with E-state index in [0.717, 1.165) is 33.6 Å². The predicted octanol–water partition coefficient (Wildman–Crippen LogP) is 4.78. The maximum absolute atomic E-state index is 12.2. The number of hydrogen-bond acceptors (Lipinski definition) is 8. The molecule has 0 spiro atoms. The number of ether oxygens (including phenoxy) is 1. The Morgan fingerprint density at radius 3 is 2.38 bits per heavy atom. The van der Waals surface area contributed by atoms with Gasteiger partial charge in [-0.1, -0.05) is 60.7 Å². The summed E-state index contributed by atoms with van der Waals surface area (Å²) in [5.74, 6) is -0.701. The van der Waals surface area contributed by atoms with E-state index in [9.17, 15) is 18.3 Å². The summed E-state index contributed by atoms with van der Waals surface area (Å²) >= 11 is 1.15. The van der Waals surface area contributed by atoms with Crippen LogP contribution in [0.4, 0.5) is 0 Å². The van der Waals surface area contributed by atoms with E-state index in [1.807, 2.05) is 54.6 Å². The number of rotatable bonds is 8. The molecule has 0 aliphatic rings. The van der Waals surface area contributed by atoms with E-state index >= 15 is 0 Å². The van der Waals surface area contributed by atoms with Gasteiger partial charge in [0.25, 0.3) is 0 Å². The van der Waals surface area contributed by atoms with Crippen LogP contribution in [0.2, 0.25) is 0 Å². The zero-order valence-electron chi connectivity index (χ0n) is 20.8. The lowest BCUT2D eigenvalue weighted by Gasteiger charge is -2.07. The van der Waals surface area contributed by atoms with Crippen LogP contribution in [0.5, 0.6) is 5.88 Å². The second-order valence-corrected chi connectivity index (χ2v) is 11.0. The van der Waals surface area contributed by atoms with Gasteiger partial charge in [0.1, 0.15) is 5.69 Å². The van der Waals surface area contributed by atoms with Gasteiger partial charge in [0.15, 0.2) is 5.69 Å². The van der Waals surface area contributed by atoms with Gasteiger partial charge < -0.3 is 9.84 Å². The molecule has 0 aliphatic heterocycles. The molecule has 3 N–H and O–H groups in total. The molecule has 5 aromatic rings. The van der Waals surface area contributed by atoms with Crippen molar-refractivity contribution in [2.45, 2.75) is 18.2 Å². The second kappa shape index (κ2) is 10.8. The highest BCUT2D eigenvalue weighted by Crippen LogP contribution is 2.36. The van der Waals surface area contributed by atoms with Crippen molar-refractivity contribution >= 4 is 27.3 Å². The maximum atomic E-state index is 12.2. The van der Waals surface area contributed by atoms with Crippen LogP contribution in [0.3, 0.4) is 0 Å². The monoisotopic (exact) mass is 560 g/mol. The normalized spacial score (nSPS) is 11.4. The number of sulfonamides is 1. The van der Waals surface area contributed by atoms with E-state index in [4.69, 9.17) is 15.0 Å². The molecule has 0 fully saturated rings. The highest BCUT2D eigenvalue weighted by molar-refractivity contribution is 7.89. The van der Waals surface area contributed by atoms with E-state index < -0.39 is 16.0 Å². The van der Waals surface area contributed by atoms with E-state index in [2.05, 4.69) is 4.98 Å². The lowest BCUT2D eigenvalue weighted by Crippen LogP contribution is -2.11. The van der Waals surface area contributed by atoms with Crippen molar-refractivity contribution in [2.24, 2.45) is 5.14 Å². The first-order chi connectivity index (χ1) is 18.7. The lowest BCUT2D eigenvalue weighted by atomic mass is 9.98. The van der Waals surface area contributed by atoms with Crippen LogP contribution in [0, 0.1) is 0 Å². The molecule has 198 valence electrons. The smallest absolute Gasteiger partial charge is 0.357 e. The maximum Gasteiger partial charge on any atom is 0.357 e. The predicted molar refractivity (Wildman–Crippen MR) is 148 cm³/mol. The summed E-state index contributed by atoms with van der Waals surface area (Å²) in [6.45, 7) is 1.93. The number of carbonyl (C=O) groups is 1. The van der Waals surface area contributed by atoms with E-state index in [1.165, 1.54) is 16.8 Å². The standard InChI is InChI=1S/C28H24N4O5S2/c1-2-37-27(34)24-17-38-28(30-24)32-26(33)23(15-18-11-13-22(14-12-18)39(29,35)36)25(31-32)21-10-6-9-20(16-21)19-7-4-3-5-8-19/h3-14,16-17,33H,2,15H2,1H3,(H2,29,35,36). The number of nitrogens with zero attached hydrogens (tertiary/aromatic N) is 3. The fraction of sp³-hybridized carbons (Fsp3) is 0.107. The minimum Gasteiger partial charge on any atom is -0.493 e. The molecule has 0 saturated heterocycles. The van der Waals surface area contributed by atoms with Gasteiger partial charge in [-0.05, 0) is 41.8 Å². The highest BCUT2D eigenvalue weighted by Gasteiger charge is 2.23. The van der Waals surface area contributed by atoms with Gasteiger partial charge in [-0.2, -0.15) is 9.78 Å². The molecule has 0 unspecified atom stereocenters. The number of aromatic nitrogens is 3. The Kier molecular flexibility index (Phi) is 7.29. The molecule has 5 rings (SSSR count). The van der Waals surface area contributed by atoms with Crippen molar-refractivity contribution in [1.29, 1.82) is 0 Å². The summed E-state index contributed by atoms with van der Waals surface area (Å²) in [5.41, 5.74) is 4.67. The van der Waals surface area contributed by atoms with Crippen molar-refractivity contribution in [3.63, 3.8) is 0 Å². The van der Waals surface area contributed by atoms with Crippen LogP contribution in [0.1, 0.15) is 28.5 Å². The topological polar surface area (TPSA) is 137 Å². The number of primary sulfonamides is 1. The Bertz CT molecular complexity index is 1740. The van der Waals surface area contributed by atoms with Crippen LogP contribution in [-0.4, -0.2) is 40.9 Å². The molecular weight excluding hydrogens is 536 g/mol. The van der Waals surface area contributed by atoms with E-state index in [1.54, 1.807) is 24.4 Å². The molecule has 9 nitrogen and oxygen atoms in total. The Labute approximate surface area is 229 Å². The molecule has 3 aromatic carbocycles. The average Bonchev–Trinajstić information content (AvgIpc) is 3.55. The van der Waals surface area contributed by atoms with Gasteiger partial charge in [-0.3, -0.25) is 0 Å². The first kappa shape index (κ1) is 26.3. The SMILES string of the molecule is CCOC(=O)c1csc(-n2nc(-c3cccc(-c4ccccc4)c3)c(Cc3ccc(S(N)(=O)=O)cc3)c2O)n1. The Hall–Kier alpha value is -4.32. The second-order valence-electron chi connectivity index (χ2n) is 8.61. The van der Waals surface area contributed by atoms with Crippen molar-refractivity contribution in [1.82, 2.24) is 14.8 Å². The molecule has 0 atom stereocenters. The van der Waals surface area contributed by atoms with Gasteiger partial charge in [0, 0.05) is 22.9 Å². The van der Waals surface area contributed by atoms with Gasteiger partial charge in [-0.25, -0.2) is 23.3 Å². The van der Waals surface area contributed by atoms with Gasteiger partial charge in [0.05, 0.1) is 11.5 Å². The third-order valence-electron chi connectivity index (χ3n) is 5.99. The molecule has 0 amide bonds. The Morgan fingerprint density at radius 2 is 1.69 bits per heavy atom. The summed E-state index contributed by atoms with van der Waals surface area (Å²) in [7, 11) is -3.83. The Balaban J connectivity index is 1.60. The van der Waals surface area contributed by atoms with Gasteiger partial charge in [-0.15, -0.1) is 11.3 Å². The average molecular weight is 561 g/mol. The van der Waals surface area contributed by atoms with Crippen LogP contribution in [-0.2, 0) is 21.2 Å². The largest absolute Gasteiger partial charge is 0.493 e. The molecule has 2 heterocycles. The summed E-state index contributed by atoms with van der Waals surface area (Å²) in [5, 5.41) is 23.1. The fourth-order valence-corrected chi connectivity index (χ4v) is 5.37. The van der Waals surface area contributed by atoms with Crippen molar-refractivity contribution < 1.29 is 23.1 Å². The Morgan fingerprint density at radius 1 is 1.00 bits per heavy atom. The van der Waals surface area contributed by atoms with Crippen molar-refractivity contribution in [2.75, 3.05) is 6.61 Å². The number of esters is 1. The lowest BCUT2D eigenvalue weighted by molar-refractivity contribution is 0.0520. The number of carbonyl (C=O) groups excluding carboxylic acids is 1. The van der Waals surface area contributed by atoms with Crippen molar-refractivity contribution in [3.05, 3.63) is 101 Å². The molecule has 2 aromatic heterocycles. The number of aromatic hydroxyl groups is 1. The zero-order valence-corrected chi connectivity index (χ0v) is 22.4. The van der Waals surface area contributed by atoms with Crippen molar-refractivity contribution in [3.8, 4) is 33.4 Å². The molecule has 39 heavy (non-hydrogen) atoms. The van der Waals surface area contributed by atoms with E-state index in [0.29, 0.717) is 16.4 Å². The first-order valence-electron chi connectivity index (χ1n) is 12.0. The number of thiazole rings is 1. The summed E-state index contributed by atoms with van der Waals surface area (Å²) in [6, 6.07) is 23.8. The van der Waals surface area contributed by atoms with Gasteiger partial charge >= 0.3 is 5.97 Å². The number of benzene rings is 3. The molecule has 0 radical (unpaired) electrons. The molecule has 0 bridgehead atoms. The highest BCUT2D eigenvalue weighted by atomic mass is 32.2. The van der Waals surface area contributed by atoms with Crippen LogP contribution in [0.15, 0.2) is 89.1 Å². The fourth-order valence-electron chi connectivity index (χ4n) is 4.11. The van der Waals surface area contributed by atoms with E-state index in [-0.39, 0.29) is 29.5 Å². The quantitative estimate of drug-likeness (QED) is 0.261. The molecule has 0 aliphatic carbocycles. The van der Waals surface area contributed by atoms with Gasteiger partial charge in [0.2, 0.25) is 21.0 Å². The zero-order chi connectivity index (χ0) is 27.6.